The Kier molecular flexibility index (Phi) is 7.58. The molecule has 178 valence electrons. The third-order valence-corrected chi connectivity index (χ3v) is 8.08. The number of nitrogens with one attached hydrogen (secondary N) is 2. The maximum absolute atomic E-state index is 13.1. The van der Waals surface area contributed by atoms with Crippen molar-refractivity contribution in [2.45, 2.75) is 29.4 Å². The fourth-order valence-corrected chi connectivity index (χ4v) is 5.77. The first-order chi connectivity index (χ1) is 16.8. The average Bonchev–Trinajstić information content (AvgIpc) is 2.85. The molecule has 0 aliphatic heterocycles. The van der Waals surface area contributed by atoms with Crippen LogP contribution >= 0.6 is 11.8 Å². The number of sulfonamides is 1. The molecule has 0 unspecified atom stereocenters. The number of hydrogen-bond acceptors (Lipinski definition) is 4. The van der Waals surface area contributed by atoms with E-state index < -0.39 is 10.0 Å². The molecule has 0 heterocycles. The molecule has 0 aliphatic carbocycles. The molecule has 0 bridgehead atoms. The molecule has 5 nitrogen and oxygen atoms in total. The van der Waals surface area contributed by atoms with Gasteiger partial charge in [0.2, 0.25) is 0 Å². The Morgan fingerprint density at radius 3 is 2.20 bits per heavy atom. The highest BCUT2D eigenvalue weighted by Crippen LogP contribution is 2.25. The molecule has 4 aromatic rings. The number of hydrogen-bond donors (Lipinski definition) is 2. The van der Waals surface area contributed by atoms with Gasteiger partial charge < -0.3 is 5.32 Å². The summed E-state index contributed by atoms with van der Waals surface area (Å²) in [5.74, 6) is 0.453. The van der Waals surface area contributed by atoms with Gasteiger partial charge >= 0.3 is 0 Å². The predicted octanol–water partition coefficient (Wildman–Crippen LogP) is 6.65. The molecule has 0 saturated carbocycles. The molecule has 0 radical (unpaired) electrons. The average molecular weight is 503 g/mol. The van der Waals surface area contributed by atoms with Crippen molar-refractivity contribution in [3.05, 3.63) is 119 Å². The van der Waals surface area contributed by atoms with E-state index in [2.05, 4.69) is 22.2 Å². The summed E-state index contributed by atoms with van der Waals surface area (Å²) in [6.45, 7) is 3.54. The Morgan fingerprint density at radius 2 is 1.49 bits per heavy atom. The first-order valence-corrected chi connectivity index (χ1v) is 13.6. The molecule has 4 aromatic carbocycles. The number of thioether (sulfide) groups is 1. The van der Waals surface area contributed by atoms with Crippen molar-refractivity contribution in [1.82, 2.24) is 0 Å². The quantitative estimate of drug-likeness (QED) is 0.265. The lowest BCUT2D eigenvalue weighted by Crippen LogP contribution is -2.17. The van der Waals surface area contributed by atoms with Crippen LogP contribution in [0.5, 0.6) is 0 Å². The van der Waals surface area contributed by atoms with Gasteiger partial charge in [0, 0.05) is 21.9 Å². The molecule has 7 heteroatoms. The van der Waals surface area contributed by atoms with Crippen LogP contribution in [0.1, 0.15) is 27.0 Å². The van der Waals surface area contributed by atoms with Crippen molar-refractivity contribution in [3.8, 4) is 0 Å². The van der Waals surface area contributed by atoms with Gasteiger partial charge in [-0.15, -0.1) is 11.8 Å². The monoisotopic (exact) mass is 502 g/mol. The third-order valence-electron chi connectivity index (χ3n) is 5.49. The van der Waals surface area contributed by atoms with Gasteiger partial charge in [-0.05, 0) is 73.0 Å². The fraction of sp³-hybridized carbons (Fsp3) is 0.107. The zero-order chi connectivity index (χ0) is 24.8. The van der Waals surface area contributed by atoms with Crippen LogP contribution in [0.4, 0.5) is 11.4 Å². The number of amides is 1. The van der Waals surface area contributed by atoms with E-state index in [0.717, 1.165) is 16.9 Å². The van der Waals surface area contributed by atoms with E-state index in [1.54, 1.807) is 43.0 Å². The lowest BCUT2D eigenvalue weighted by Gasteiger charge is -2.13. The lowest BCUT2D eigenvalue weighted by molar-refractivity contribution is 0.102. The summed E-state index contributed by atoms with van der Waals surface area (Å²) < 4.78 is 28.8. The van der Waals surface area contributed by atoms with Gasteiger partial charge in [-0.3, -0.25) is 9.52 Å². The smallest absolute Gasteiger partial charge is 0.262 e. The summed E-state index contributed by atoms with van der Waals surface area (Å²) in [4.78, 5) is 14.2. The van der Waals surface area contributed by atoms with Gasteiger partial charge in [0.25, 0.3) is 15.9 Å². The Bertz CT molecular complexity index is 1440. The second-order valence-electron chi connectivity index (χ2n) is 8.15. The van der Waals surface area contributed by atoms with Crippen molar-refractivity contribution in [1.29, 1.82) is 0 Å². The number of aryl methyl sites for hydroxylation is 2. The Labute approximate surface area is 210 Å². The maximum atomic E-state index is 13.1. The summed E-state index contributed by atoms with van der Waals surface area (Å²) in [6.07, 6.45) is 0. The molecule has 1 amide bonds. The number of carbonyl (C=O) groups excluding carboxylic acids is 1. The molecule has 0 aliphatic rings. The molecule has 2 N–H and O–H groups in total. The molecule has 0 aromatic heterocycles. The number of para-hydroxylation sites is 1. The normalized spacial score (nSPS) is 11.1. The van der Waals surface area contributed by atoms with E-state index in [0.29, 0.717) is 16.9 Å². The first-order valence-electron chi connectivity index (χ1n) is 11.1. The maximum Gasteiger partial charge on any atom is 0.262 e. The van der Waals surface area contributed by atoms with E-state index in [4.69, 9.17) is 0 Å². The minimum absolute atomic E-state index is 0.0710. The molecular formula is C28H26N2O3S2. The SMILES string of the molecule is Cc1ccccc1NS(=O)(=O)c1cc(C(=O)Nc2ccc(CSc3ccccc3)cc2)ccc1C. The zero-order valence-electron chi connectivity index (χ0n) is 19.5. The minimum atomic E-state index is -3.86. The van der Waals surface area contributed by atoms with Crippen LogP contribution in [-0.4, -0.2) is 14.3 Å². The molecule has 4 rings (SSSR count). The highest BCUT2D eigenvalue weighted by molar-refractivity contribution is 7.98. The van der Waals surface area contributed by atoms with Crippen molar-refractivity contribution in [2.24, 2.45) is 0 Å². The lowest BCUT2D eigenvalue weighted by atomic mass is 10.1. The van der Waals surface area contributed by atoms with Crippen molar-refractivity contribution < 1.29 is 13.2 Å². The molecule has 35 heavy (non-hydrogen) atoms. The standard InChI is InChI=1S/C28H26N2O3S2/c1-20-8-6-7-11-26(20)30-35(32,33)27-18-23(15-12-21(27)2)28(31)29-24-16-13-22(14-17-24)19-34-25-9-4-3-5-10-25/h3-18,30H,19H2,1-2H3,(H,29,31). The number of anilines is 2. The van der Waals surface area contributed by atoms with Gasteiger partial charge in [0.15, 0.2) is 0 Å². The van der Waals surface area contributed by atoms with Crippen LogP contribution in [0.15, 0.2) is 107 Å². The Hall–Kier alpha value is -3.55. The second-order valence-corrected chi connectivity index (χ2v) is 10.9. The third kappa shape index (κ3) is 6.32. The summed E-state index contributed by atoms with van der Waals surface area (Å²) in [7, 11) is -3.86. The number of carbonyl (C=O) groups is 1. The highest BCUT2D eigenvalue weighted by atomic mass is 32.2. The summed E-state index contributed by atoms with van der Waals surface area (Å²) in [5.41, 5.74) is 3.93. The van der Waals surface area contributed by atoms with E-state index in [1.165, 1.54) is 11.0 Å². The second kappa shape index (κ2) is 10.8. The van der Waals surface area contributed by atoms with E-state index in [1.807, 2.05) is 61.5 Å². The van der Waals surface area contributed by atoms with Crippen LogP contribution in [0, 0.1) is 13.8 Å². The van der Waals surface area contributed by atoms with Crippen LogP contribution in [-0.2, 0) is 15.8 Å². The molecule has 0 saturated heterocycles. The van der Waals surface area contributed by atoms with Crippen molar-refractivity contribution in [3.63, 3.8) is 0 Å². The minimum Gasteiger partial charge on any atom is -0.322 e. The van der Waals surface area contributed by atoms with Gasteiger partial charge in [0.05, 0.1) is 10.6 Å². The summed E-state index contributed by atoms with van der Waals surface area (Å²) >= 11 is 1.75. The van der Waals surface area contributed by atoms with Crippen molar-refractivity contribution in [2.75, 3.05) is 10.0 Å². The van der Waals surface area contributed by atoms with Crippen LogP contribution in [0.2, 0.25) is 0 Å². The van der Waals surface area contributed by atoms with Crippen molar-refractivity contribution >= 4 is 39.1 Å². The van der Waals surface area contributed by atoms with Crippen LogP contribution in [0.3, 0.4) is 0 Å². The van der Waals surface area contributed by atoms with E-state index in [-0.39, 0.29) is 16.4 Å². The van der Waals surface area contributed by atoms with Crippen LogP contribution < -0.4 is 10.0 Å². The largest absolute Gasteiger partial charge is 0.322 e. The Morgan fingerprint density at radius 1 is 0.800 bits per heavy atom. The van der Waals surface area contributed by atoms with E-state index >= 15 is 0 Å². The predicted molar refractivity (Wildman–Crippen MR) is 144 cm³/mol. The van der Waals surface area contributed by atoms with Gasteiger partial charge in [0.1, 0.15) is 0 Å². The molecule has 0 spiro atoms. The molecule has 0 atom stereocenters. The summed E-state index contributed by atoms with van der Waals surface area (Å²) in [6, 6.07) is 29.7. The first kappa shape index (κ1) is 24.6. The molecule has 0 fully saturated rings. The van der Waals surface area contributed by atoms with Gasteiger partial charge in [-0.2, -0.15) is 0 Å². The van der Waals surface area contributed by atoms with Gasteiger partial charge in [-0.1, -0.05) is 54.6 Å². The van der Waals surface area contributed by atoms with E-state index in [9.17, 15) is 13.2 Å². The summed E-state index contributed by atoms with van der Waals surface area (Å²) in [5, 5.41) is 2.86. The topological polar surface area (TPSA) is 75.3 Å². The Balaban J connectivity index is 1.45. The number of rotatable bonds is 8. The number of benzene rings is 4. The van der Waals surface area contributed by atoms with Gasteiger partial charge in [-0.25, -0.2) is 8.42 Å². The van der Waals surface area contributed by atoms with Crippen LogP contribution in [0.25, 0.3) is 0 Å². The molecular weight excluding hydrogens is 476 g/mol. The zero-order valence-corrected chi connectivity index (χ0v) is 21.1. The highest BCUT2D eigenvalue weighted by Gasteiger charge is 2.20. The fourth-order valence-electron chi connectivity index (χ4n) is 3.49.